The summed E-state index contributed by atoms with van der Waals surface area (Å²) in [5.74, 6) is 3.60. The quantitative estimate of drug-likeness (QED) is 0.401. The number of nitro groups is 1. The van der Waals surface area contributed by atoms with Crippen molar-refractivity contribution in [1.29, 1.82) is 0 Å². The Kier molecular flexibility index (Phi) is 6.66. The van der Waals surface area contributed by atoms with Gasteiger partial charge in [-0.3, -0.25) is 10.1 Å². The van der Waals surface area contributed by atoms with Crippen LogP contribution in [0.2, 0.25) is 0 Å². The van der Waals surface area contributed by atoms with E-state index in [4.69, 9.17) is 15.9 Å². The number of anilines is 1. The van der Waals surface area contributed by atoms with Crippen LogP contribution in [0.5, 0.6) is 11.5 Å². The summed E-state index contributed by atoms with van der Waals surface area (Å²) in [4.78, 5) is 10.3. The number of benzene rings is 2. The van der Waals surface area contributed by atoms with Gasteiger partial charge in [0, 0.05) is 24.4 Å². The highest BCUT2D eigenvalue weighted by atomic mass is 79.9. The number of nitrogens with one attached hydrogen (secondary N) is 1. The van der Waals surface area contributed by atoms with Crippen LogP contribution in [0.15, 0.2) is 40.9 Å². The van der Waals surface area contributed by atoms with Gasteiger partial charge in [-0.25, -0.2) is 0 Å². The summed E-state index contributed by atoms with van der Waals surface area (Å²) in [6, 6.07) is 10.0. The van der Waals surface area contributed by atoms with Crippen molar-refractivity contribution in [2.45, 2.75) is 13.5 Å². The fourth-order valence-electron chi connectivity index (χ4n) is 2.15. The topological polar surface area (TPSA) is 73.6 Å². The maximum Gasteiger partial charge on any atom is 0.269 e. The highest BCUT2D eigenvalue weighted by Crippen LogP contribution is 2.37. The highest BCUT2D eigenvalue weighted by Gasteiger charge is 2.12. The predicted molar refractivity (Wildman–Crippen MR) is 100 cm³/mol. The molecule has 0 aromatic heterocycles. The van der Waals surface area contributed by atoms with E-state index >= 15 is 0 Å². The first-order valence-corrected chi connectivity index (χ1v) is 8.34. The molecule has 25 heavy (non-hydrogen) atoms. The first-order chi connectivity index (χ1) is 12.0. The van der Waals surface area contributed by atoms with Crippen molar-refractivity contribution >= 4 is 27.3 Å². The molecule has 0 atom stereocenters. The van der Waals surface area contributed by atoms with Gasteiger partial charge in [0.2, 0.25) is 0 Å². The molecule has 0 bridgehead atoms. The molecule has 6 nitrogen and oxygen atoms in total. The van der Waals surface area contributed by atoms with Gasteiger partial charge in [0.05, 0.1) is 16.0 Å². The molecule has 130 valence electrons. The Balaban J connectivity index is 2.13. The average Bonchev–Trinajstić information content (AvgIpc) is 2.60. The molecule has 0 aliphatic rings. The van der Waals surface area contributed by atoms with Crippen LogP contribution in [0.3, 0.4) is 0 Å². The van der Waals surface area contributed by atoms with Crippen molar-refractivity contribution in [2.24, 2.45) is 0 Å². The highest BCUT2D eigenvalue weighted by molar-refractivity contribution is 9.10. The summed E-state index contributed by atoms with van der Waals surface area (Å²) in [5, 5.41) is 13.9. The van der Waals surface area contributed by atoms with Crippen molar-refractivity contribution in [2.75, 3.05) is 18.5 Å². The maximum absolute atomic E-state index is 10.7. The van der Waals surface area contributed by atoms with Gasteiger partial charge in [0.25, 0.3) is 5.69 Å². The van der Waals surface area contributed by atoms with Gasteiger partial charge in [-0.2, -0.15) is 0 Å². The van der Waals surface area contributed by atoms with E-state index in [1.54, 1.807) is 12.1 Å². The minimum atomic E-state index is -0.426. The third-order valence-electron chi connectivity index (χ3n) is 3.24. The molecule has 0 saturated heterocycles. The molecule has 2 rings (SSSR count). The lowest BCUT2D eigenvalue weighted by molar-refractivity contribution is -0.384. The molecule has 0 aliphatic carbocycles. The second-order valence-corrected chi connectivity index (χ2v) is 5.84. The summed E-state index contributed by atoms with van der Waals surface area (Å²) >= 11 is 3.47. The van der Waals surface area contributed by atoms with E-state index in [1.807, 2.05) is 19.1 Å². The van der Waals surface area contributed by atoms with Gasteiger partial charge in [0.1, 0.15) is 6.61 Å². The van der Waals surface area contributed by atoms with Gasteiger partial charge < -0.3 is 14.8 Å². The molecule has 0 radical (unpaired) electrons. The van der Waals surface area contributed by atoms with E-state index in [0.717, 1.165) is 15.7 Å². The molecule has 2 aromatic carbocycles. The zero-order chi connectivity index (χ0) is 18.2. The molecule has 0 heterocycles. The van der Waals surface area contributed by atoms with Gasteiger partial charge in [-0.05, 0) is 52.7 Å². The Hall–Kier alpha value is -2.72. The minimum Gasteiger partial charge on any atom is -0.490 e. The smallest absolute Gasteiger partial charge is 0.269 e. The molecule has 0 saturated carbocycles. The van der Waals surface area contributed by atoms with Crippen LogP contribution >= 0.6 is 15.9 Å². The lowest BCUT2D eigenvalue weighted by Crippen LogP contribution is -2.04. The fraction of sp³-hybridized carbons (Fsp3) is 0.222. The van der Waals surface area contributed by atoms with Gasteiger partial charge in [-0.1, -0.05) is 5.92 Å². The minimum absolute atomic E-state index is 0.0574. The van der Waals surface area contributed by atoms with E-state index in [1.165, 1.54) is 12.1 Å². The predicted octanol–water partition coefficient (Wildman–Crippen LogP) is 4.38. The first-order valence-electron chi connectivity index (χ1n) is 7.55. The molecule has 7 heteroatoms. The molecular formula is C18H17BrN2O4. The van der Waals surface area contributed by atoms with Gasteiger partial charge in [0.15, 0.2) is 11.5 Å². The number of non-ortho nitro benzene ring substituents is 1. The van der Waals surface area contributed by atoms with Crippen LogP contribution in [0.25, 0.3) is 0 Å². The Bertz CT molecular complexity index is 785. The number of terminal acetylenes is 1. The lowest BCUT2D eigenvalue weighted by atomic mass is 10.2. The van der Waals surface area contributed by atoms with Crippen LogP contribution in [0, 0.1) is 22.5 Å². The second-order valence-electron chi connectivity index (χ2n) is 4.99. The monoisotopic (exact) mass is 404 g/mol. The van der Waals surface area contributed by atoms with Crippen molar-refractivity contribution in [1.82, 2.24) is 0 Å². The number of hydrogen-bond donors (Lipinski definition) is 1. The Morgan fingerprint density at radius 2 is 2.00 bits per heavy atom. The zero-order valence-electron chi connectivity index (χ0n) is 13.6. The SMILES string of the molecule is C#CCOc1c(Br)cc(CNc2ccc([N+](=O)[O-])cc2)cc1OCC. The molecule has 0 spiro atoms. The summed E-state index contributed by atoms with van der Waals surface area (Å²) in [7, 11) is 0. The average molecular weight is 405 g/mol. The number of nitrogens with zero attached hydrogens (tertiary/aromatic N) is 1. The third-order valence-corrected chi connectivity index (χ3v) is 3.83. The summed E-state index contributed by atoms with van der Waals surface area (Å²) in [6.45, 7) is 3.06. The summed E-state index contributed by atoms with van der Waals surface area (Å²) in [5.41, 5.74) is 1.80. The molecule has 2 aromatic rings. The standard InChI is InChI=1S/C18H17BrN2O4/c1-3-9-25-18-16(19)10-13(11-17(18)24-4-2)12-20-14-5-7-15(8-6-14)21(22)23/h1,5-8,10-11,20H,4,9,12H2,2H3. The van der Waals surface area contributed by atoms with E-state index in [2.05, 4.69) is 27.2 Å². The van der Waals surface area contributed by atoms with Gasteiger partial charge >= 0.3 is 0 Å². The molecule has 0 fully saturated rings. The van der Waals surface area contributed by atoms with Gasteiger partial charge in [-0.15, -0.1) is 6.42 Å². The normalized spacial score (nSPS) is 9.96. The third kappa shape index (κ3) is 5.13. The Labute approximate surface area is 154 Å². The number of nitro benzene ring substituents is 1. The van der Waals surface area contributed by atoms with E-state index < -0.39 is 4.92 Å². The number of ether oxygens (including phenoxy) is 2. The molecule has 0 unspecified atom stereocenters. The summed E-state index contributed by atoms with van der Waals surface area (Å²) in [6.07, 6.45) is 5.24. The number of rotatable bonds is 8. The van der Waals surface area contributed by atoms with Crippen molar-refractivity contribution in [3.05, 3.63) is 56.5 Å². The van der Waals surface area contributed by atoms with E-state index in [0.29, 0.717) is 24.7 Å². The Morgan fingerprint density at radius 1 is 1.28 bits per heavy atom. The first kappa shape index (κ1) is 18.6. The largest absolute Gasteiger partial charge is 0.490 e. The van der Waals surface area contributed by atoms with Crippen LogP contribution in [0.1, 0.15) is 12.5 Å². The Morgan fingerprint density at radius 3 is 2.60 bits per heavy atom. The van der Waals surface area contributed by atoms with Crippen LogP contribution in [0.4, 0.5) is 11.4 Å². The van der Waals surface area contributed by atoms with Crippen molar-refractivity contribution in [3.8, 4) is 23.8 Å². The van der Waals surface area contributed by atoms with E-state index in [-0.39, 0.29) is 12.3 Å². The zero-order valence-corrected chi connectivity index (χ0v) is 15.2. The fourth-order valence-corrected chi connectivity index (χ4v) is 2.75. The number of hydrogen-bond acceptors (Lipinski definition) is 5. The molecule has 1 N–H and O–H groups in total. The molecular weight excluding hydrogens is 388 g/mol. The van der Waals surface area contributed by atoms with Crippen LogP contribution < -0.4 is 14.8 Å². The van der Waals surface area contributed by atoms with Crippen molar-refractivity contribution in [3.63, 3.8) is 0 Å². The lowest BCUT2D eigenvalue weighted by Gasteiger charge is -2.15. The second kappa shape index (κ2) is 8.94. The van der Waals surface area contributed by atoms with Crippen LogP contribution in [-0.2, 0) is 6.54 Å². The maximum atomic E-state index is 10.7. The van der Waals surface area contributed by atoms with E-state index in [9.17, 15) is 10.1 Å². The van der Waals surface area contributed by atoms with Crippen molar-refractivity contribution < 1.29 is 14.4 Å². The van der Waals surface area contributed by atoms with Crippen LogP contribution in [-0.4, -0.2) is 18.1 Å². The number of halogens is 1. The molecule has 0 amide bonds. The molecule has 0 aliphatic heterocycles. The summed E-state index contributed by atoms with van der Waals surface area (Å²) < 4.78 is 11.9.